The van der Waals surface area contributed by atoms with Crippen LogP contribution in [0.4, 0.5) is 0 Å². The first-order valence-electron chi connectivity index (χ1n) is 7.76. The van der Waals surface area contributed by atoms with E-state index in [9.17, 15) is 9.90 Å². The quantitative estimate of drug-likeness (QED) is 0.775. The smallest absolute Gasteiger partial charge is 0.341 e. The van der Waals surface area contributed by atoms with Gasteiger partial charge in [-0.1, -0.05) is 0 Å². The van der Waals surface area contributed by atoms with Crippen LogP contribution in [0.3, 0.4) is 0 Å². The molecule has 0 amide bonds. The monoisotopic (exact) mass is 324 g/mol. The van der Waals surface area contributed by atoms with Crippen molar-refractivity contribution in [2.45, 2.75) is 12.8 Å². The molecule has 0 spiro atoms. The number of hydrogen-bond acceptors (Lipinski definition) is 5. The van der Waals surface area contributed by atoms with Crippen LogP contribution in [0.15, 0.2) is 30.7 Å². The number of pyridine rings is 2. The molecule has 3 aromatic rings. The number of aryl methyl sites for hydroxylation is 1. The van der Waals surface area contributed by atoms with E-state index in [0.29, 0.717) is 18.1 Å². The second-order valence-corrected chi connectivity index (χ2v) is 6.03. The first-order chi connectivity index (χ1) is 11.6. The summed E-state index contributed by atoms with van der Waals surface area (Å²) in [6.45, 7) is 0.523. The number of aromatic nitrogens is 4. The van der Waals surface area contributed by atoms with Crippen molar-refractivity contribution < 1.29 is 14.6 Å². The molecule has 1 aliphatic carbocycles. The maximum Gasteiger partial charge on any atom is 0.341 e. The Bertz CT molecular complexity index is 931. The lowest BCUT2D eigenvalue weighted by Gasteiger charge is -2.09. The Kier molecular flexibility index (Phi) is 3.41. The van der Waals surface area contributed by atoms with Gasteiger partial charge in [-0.05, 0) is 30.9 Å². The molecular formula is C17H16N4O3. The molecule has 1 saturated carbocycles. The molecule has 1 N–H and O–H groups in total. The van der Waals surface area contributed by atoms with Gasteiger partial charge < -0.3 is 9.84 Å². The topological polar surface area (TPSA) is 90.1 Å². The van der Waals surface area contributed by atoms with E-state index in [1.54, 1.807) is 29.3 Å². The Morgan fingerprint density at radius 3 is 2.75 bits per heavy atom. The van der Waals surface area contributed by atoms with E-state index in [1.165, 1.54) is 0 Å². The van der Waals surface area contributed by atoms with Crippen LogP contribution in [0.1, 0.15) is 23.2 Å². The van der Waals surface area contributed by atoms with Crippen molar-refractivity contribution in [3.05, 3.63) is 36.3 Å². The minimum atomic E-state index is -1.05. The molecule has 0 saturated heterocycles. The number of fused-ring (bicyclic) bond motifs is 1. The Labute approximate surface area is 137 Å². The zero-order chi connectivity index (χ0) is 16.7. The van der Waals surface area contributed by atoms with Crippen molar-refractivity contribution in [1.82, 2.24) is 19.7 Å². The maximum atomic E-state index is 11.5. The van der Waals surface area contributed by atoms with Gasteiger partial charge in [-0.15, -0.1) is 0 Å². The Morgan fingerprint density at radius 2 is 2.00 bits per heavy atom. The largest absolute Gasteiger partial charge is 0.477 e. The molecule has 0 aliphatic heterocycles. The summed E-state index contributed by atoms with van der Waals surface area (Å²) in [7, 11) is 1.84. The van der Waals surface area contributed by atoms with Gasteiger partial charge in [0, 0.05) is 30.6 Å². The van der Waals surface area contributed by atoms with E-state index in [4.69, 9.17) is 4.74 Å². The number of carboxylic acid groups (broad SMARTS) is 1. The Hall–Kier alpha value is -2.96. The fraction of sp³-hybridized carbons (Fsp3) is 0.294. The first-order valence-corrected chi connectivity index (χ1v) is 7.76. The molecule has 4 rings (SSSR count). The van der Waals surface area contributed by atoms with Crippen LogP contribution in [-0.2, 0) is 7.05 Å². The summed E-state index contributed by atoms with van der Waals surface area (Å²) in [6, 6.07) is 3.50. The van der Waals surface area contributed by atoms with Crippen LogP contribution in [0.2, 0.25) is 0 Å². The summed E-state index contributed by atoms with van der Waals surface area (Å²) >= 11 is 0. The fourth-order valence-corrected chi connectivity index (χ4v) is 2.54. The lowest BCUT2D eigenvalue weighted by Crippen LogP contribution is -2.07. The maximum absolute atomic E-state index is 11.5. The molecule has 7 nitrogen and oxygen atoms in total. The third-order valence-corrected chi connectivity index (χ3v) is 4.17. The van der Waals surface area contributed by atoms with E-state index >= 15 is 0 Å². The molecule has 24 heavy (non-hydrogen) atoms. The van der Waals surface area contributed by atoms with Gasteiger partial charge in [-0.25, -0.2) is 9.78 Å². The van der Waals surface area contributed by atoms with Gasteiger partial charge in [-0.3, -0.25) is 9.67 Å². The highest BCUT2D eigenvalue weighted by Crippen LogP contribution is 2.31. The predicted octanol–water partition coefficient (Wildman–Crippen LogP) is 2.52. The highest BCUT2D eigenvalue weighted by Gasteiger charge is 2.24. The Balaban J connectivity index is 1.71. The zero-order valence-corrected chi connectivity index (χ0v) is 13.1. The van der Waals surface area contributed by atoms with Crippen LogP contribution in [0.25, 0.3) is 22.2 Å². The predicted molar refractivity (Wildman–Crippen MR) is 86.9 cm³/mol. The molecule has 0 unspecified atom stereocenters. The van der Waals surface area contributed by atoms with Gasteiger partial charge in [0.05, 0.1) is 18.3 Å². The van der Waals surface area contributed by atoms with Gasteiger partial charge >= 0.3 is 5.97 Å². The van der Waals surface area contributed by atoms with Crippen LogP contribution >= 0.6 is 0 Å². The fourth-order valence-electron chi connectivity index (χ4n) is 2.54. The van der Waals surface area contributed by atoms with Crippen molar-refractivity contribution in [1.29, 1.82) is 0 Å². The van der Waals surface area contributed by atoms with Gasteiger partial charge in [0.1, 0.15) is 11.1 Å². The van der Waals surface area contributed by atoms with Crippen molar-refractivity contribution in [3.8, 4) is 17.0 Å². The Morgan fingerprint density at radius 1 is 1.25 bits per heavy atom. The summed E-state index contributed by atoms with van der Waals surface area (Å²) in [5.41, 5.74) is 3.20. The van der Waals surface area contributed by atoms with Crippen molar-refractivity contribution in [2.24, 2.45) is 13.0 Å². The number of carbonyl (C=O) groups is 1. The molecule has 0 radical (unpaired) electrons. The minimum absolute atomic E-state index is 0.0678. The molecule has 0 aromatic carbocycles. The third-order valence-electron chi connectivity index (χ3n) is 4.17. The lowest BCUT2D eigenvalue weighted by molar-refractivity contribution is 0.0691. The van der Waals surface area contributed by atoms with Crippen molar-refractivity contribution in [3.63, 3.8) is 0 Å². The SMILES string of the molecule is Cn1ncc2ncc(-c3cnc(OCC4CC4)c(C(=O)O)c3)cc21. The molecule has 3 heterocycles. The number of hydrogen-bond donors (Lipinski definition) is 1. The zero-order valence-electron chi connectivity index (χ0n) is 13.1. The molecule has 1 aliphatic rings. The van der Waals surface area contributed by atoms with Gasteiger partial charge in [0.25, 0.3) is 0 Å². The molecule has 122 valence electrons. The average Bonchev–Trinajstić information content (AvgIpc) is 3.35. The molecule has 0 atom stereocenters. The third kappa shape index (κ3) is 2.68. The van der Waals surface area contributed by atoms with Crippen LogP contribution in [0.5, 0.6) is 5.88 Å². The van der Waals surface area contributed by atoms with E-state index in [0.717, 1.165) is 29.4 Å². The number of nitrogens with zero attached hydrogens (tertiary/aromatic N) is 4. The van der Waals surface area contributed by atoms with Crippen molar-refractivity contribution in [2.75, 3.05) is 6.61 Å². The average molecular weight is 324 g/mol. The van der Waals surface area contributed by atoms with E-state index in [2.05, 4.69) is 15.1 Å². The van der Waals surface area contributed by atoms with Crippen LogP contribution < -0.4 is 4.74 Å². The van der Waals surface area contributed by atoms with Gasteiger partial charge in [-0.2, -0.15) is 5.10 Å². The minimum Gasteiger partial charge on any atom is -0.477 e. The molecule has 1 fully saturated rings. The molecular weight excluding hydrogens is 308 g/mol. The second kappa shape index (κ2) is 5.59. The summed E-state index contributed by atoms with van der Waals surface area (Å²) in [4.78, 5) is 20.1. The van der Waals surface area contributed by atoms with Crippen molar-refractivity contribution >= 4 is 17.0 Å². The normalized spacial score (nSPS) is 14.0. The number of carboxylic acids is 1. The van der Waals surface area contributed by atoms with E-state index in [1.807, 2.05) is 13.1 Å². The van der Waals surface area contributed by atoms with E-state index in [-0.39, 0.29) is 11.4 Å². The molecule has 3 aromatic heterocycles. The number of ether oxygens (including phenoxy) is 1. The molecule has 7 heteroatoms. The van der Waals surface area contributed by atoms with Crippen LogP contribution in [-0.4, -0.2) is 37.4 Å². The van der Waals surface area contributed by atoms with E-state index < -0.39 is 5.97 Å². The number of rotatable bonds is 5. The summed E-state index contributed by atoms with van der Waals surface area (Å²) in [6.07, 6.45) is 7.27. The number of aromatic carboxylic acids is 1. The lowest BCUT2D eigenvalue weighted by atomic mass is 10.1. The summed E-state index contributed by atoms with van der Waals surface area (Å²) < 4.78 is 7.30. The summed E-state index contributed by atoms with van der Waals surface area (Å²) in [5, 5.41) is 13.6. The van der Waals surface area contributed by atoms with Gasteiger partial charge in [0.15, 0.2) is 0 Å². The highest BCUT2D eigenvalue weighted by molar-refractivity contribution is 5.92. The standard InChI is InChI=1S/C17H16N4O3/c1-21-15-5-12(6-18-14(15)8-20-21)11-4-13(17(22)23)16(19-7-11)24-9-10-2-3-10/h4-8,10H,2-3,9H2,1H3,(H,22,23). The highest BCUT2D eigenvalue weighted by atomic mass is 16.5. The summed E-state index contributed by atoms with van der Waals surface area (Å²) in [5.74, 6) is -0.345. The van der Waals surface area contributed by atoms with Gasteiger partial charge in [0.2, 0.25) is 5.88 Å². The van der Waals surface area contributed by atoms with Crippen LogP contribution in [0, 0.1) is 5.92 Å². The molecule has 0 bridgehead atoms. The first kappa shape index (κ1) is 14.6. The second-order valence-electron chi connectivity index (χ2n) is 6.03.